The number of amides is 1. The maximum atomic E-state index is 12.1. The van der Waals surface area contributed by atoms with Crippen molar-refractivity contribution in [3.8, 4) is 0 Å². The molecule has 1 aliphatic rings. The van der Waals surface area contributed by atoms with Crippen molar-refractivity contribution in [3.05, 3.63) is 41.7 Å². The second-order valence-corrected chi connectivity index (χ2v) is 6.23. The highest BCUT2D eigenvalue weighted by atomic mass is 32.2. The Kier molecular flexibility index (Phi) is 4.24. The Labute approximate surface area is 127 Å². The molecule has 1 heterocycles. The molecule has 110 valence electrons. The zero-order chi connectivity index (χ0) is 14.7. The summed E-state index contributed by atoms with van der Waals surface area (Å²) < 4.78 is 0. The molecule has 21 heavy (non-hydrogen) atoms. The second kappa shape index (κ2) is 6.30. The van der Waals surface area contributed by atoms with E-state index in [2.05, 4.69) is 32.6 Å². The molecule has 1 aromatic heterocycles. The SMILES string of the molecule is Cc1nc(SCC(=O)NC(c2ccccc2)C2CC2)n[nH]1. The minimum atomic E-state index is 0.0307. The van der Waals surface area contributed by atoms with Crippen LogP contribution in [0.15, 0.2) is 35.5 Å². The Morgan fingerprint density at radius 2 is 2.19 bits per heavy atom. The van der Waals surface area contributed by atoms with Crippen LogP contribution in [0.1, 0.15) is 30.3 Å². The average molecular weight is 302 g/mol. The normalized spacial score (nSPS) is 15.7. The molecule has 0 aliphatic heterocycles. The zero-order valence-corrected chi connectivity index (χ0v) is 12.7. The third-order valence-electron chi connectivity index (χ3n) is 3.48. The third-order valence-corrected chi connectivity index (χ3v) is 4.32. The molecular weight excluding hydrogens is 284 g/mol. The van der Waals surface area contributed by atoms with E-state index in [1.807, 2.05) is 25.1 Å². The molecule has 1 atom stereocenters. The van der Waals surface area contributed by atoms with Gasteiger partial charge in [0.1, 0.15) is 5.82 Å². The first-order valence-corrected chi connectivity index (χ1v) is 8.07. The molecule has 1 amide bonds. The van der Waals surface area contributed by atoms with E-state index in [0.29, 0.717) is 16.8 Å². The highest BCUT2D eigenvalue weighted by Gasteiger charge is 2.33. The largest absolute Gasteiger partial charge is 0.348 e. The number of H-pyrrole nitrogens is 1. The number of hydrogen-bond donors (Lipinski definition) is 2. The van der Waals surface area contributed by atoms with Crippen LogP contribution in [-0.4, -0.2) is 26.8 Å². The molecule has 2 aromatic rings. The van der Waals surface area contributed by atoms with Crippen molar-refractivity contribution in [2.75, 3.05) is 5.75 Å². The molecule has 6 heteroatoms. The van der Waals surface area contributed by atoms with E-state index in [1.165, 1.54) is 30.2 Å². The van der Waals surface area contributed by atoms with Gasteiger partial charge in [0.05, 0.1) is 11.8 Å². The predicted octanol–water partition coefficient (Wildman–Crippen LogP) is 2.47. The van der Waals surface area contributed by atoms with Crippen LogP contribution in [0.5, 0.6) is 0 Å². The zero-order valence-electron chi connectivity index (χ0n) is 11.9. The maximum absolute atomic E-state index is 12.1. The number of aromatic amines is 1. The van der Waals surface area contributed by atoms with Crippen LogP contribution in [-0.2, 0) is 4.79 Å². The van der Waals surface area contributed by atoms with Gasteiger partial charge in [0, 0.05) is 0 Å². The van der Waals surface area contributed by atoms with Gasteiger partial charge in [-0.25, -0.2) is 4.98 Å². The number of benzene rings is 1. The van der Waals surface area contributed by atoms with Gasteiger partial charge in [0.25, 0.3) is 0 Å². The predicted molar refractivity (Wildman–Crippen MR) is 81.9 cm³/mol. The lowest BCUT2D eigenvalue weighted by atomic mass is 10.0. The Hall–Kier alpha value is -1.82. The fourth-order valence-corrected chi connectivity index (χ4v) is 2.95. The lowest BCUT2D eigenvalue weighted by molar-refractivity contribution is -0.119. The molecule has 1 aromatic carbocycles. The first kappa shape index (κ1) is 14.1. The maximum Gasteiger partial charge on any atom is 0.230 e. The van der Waals surface area contributed by atoms with E-state index in [1.54, 1.807) is 0 Å². The van der Waals surface area contributed by atoms with E-state index < -0.39 is 0 Å². The van der Waals surface area contributed by atoms with E-state index >= 15 is 0 Å². The van der Waals surface area contributed by atoms with Gasteiger partial charge in [-0.15, -0.1) is 5.10 Å². The molecule has 0 radical (unpaired) electrons. The molecule has 1 saturated carbocycles. The van der Waals surface area contributed by atoms with Crippen LogP contribution in [0.2, 0.25) is 0 Å². The molecule has 2 N–H and O–H groups in total. The quantitative estimate of drug-likeness (QED) is 0.804. The number of rotatable bonds is 6. The lowest BCUT2D eigenvalue weighted by Crippen LogP contribution is -2.31. The molecule has 0 bridgehead atoms. The summed E-state index contributed by atoms with van der Waals surface area (Å²) >= 11 is 1.35. The molecule has 3 rings (SSSR count). The van der Waals surface area contributed by atoms with Gasteiger partial charge in [-0.2, -0.15) is 0 Å². The Bertz CT molecular complexity index is 609. The van der Waals surface area contributed by atoms with E-state index in [9.17, 15) is 4.79 Å². The first-order chi connectivity index (χ1) is 10.2. The molecule has 1 aliphatic carbocycles. The van der Waals surface area contributed by atoms with Crippen molar-refractivity contribution < 1.29 is 4.79 Å². The fraction of sp³-hybridized carbons (Fsp3) is 0.400. The summed E-state index contributed by atoms with van der Waals surface area (Å²) in [4.78, 5) is 16.3. The average Bonchev–Trinajstić information content (AvgIpc) is 3.26. The monoisotopic (exact) mass is 302 g/mol. The Morgan fingerprint density at radius 1 is 1.43 bits per heavy atom. The summed E-state index contributed by atoms with van der Waals surface area (Å²) in [6.45, 7) is 1.84. The number of nitrogens with one attached hydrogen (secondary N) is 2. The Morgan fingerprint density at radius 3 is 2.81 bits per heavy atom. The van der Waals surface area contributed by atoms with Crippen LogP contribution in [0.3, 0.4) is 0 Å². The highest BCUT2D eigenvalue weighted by Crippen LogP contribution is 2.40. The molecular formula is C15H18N4OS. The lowest BCUT2D eigenvalue weighted by Gasteiger charge is -2.18. The van der Waals surface area contributed by atoms with Crippen molar-refractivity contribution in [1.29, 1.82) is 0 Å². The number of carbonyl (C=O) groups is 1. The summed E-state index contributed by atoms with van der Waals surface area (Å²) in [7, 11) is 0. The van der Waals surface area contributed by atoms with Gasteiger partial charge in [0.2, 0.25) is 11.1 Å². The molecule has 1 fully saturated rings. The van der Waals surface area contributed by atoms with Gasteiger partial charge >= 0.3 is 0 Å². The minimum absolute atomic E-state index is 0.0307. The van der Waals surface area contributed by atoms with E-state index in [4.69, 9.17) is 0 Å². The van der Waals surface area contributed by atoms with Crippen molar-refractivity contribution in [2.45, 2.75) is 31.0 Å². The molecule has 0 saturated heterocycles. The van der Waals surface area contributed by atoms with E-state index in [-0.39, 0.29) is 11.9 Å². The number of carbonyl (C=O) groups excluding carboxylic acids is 1. The number of nitrogens with zero attached hydrogens (tertiary/aromatic N) is 2. The number of aryl methyl sites for hydroxylation is 1. The van der Waals surface area contributed by atoms with Crippen molar-refractivity contribution in [2.24, 2.45) is 5.92 Å². The first-order valence-electron chi connectivity index (χ1n) is 7.08. The number of hydrogen-bond acceptors (Lipinski definition) is 4. The summed E-state index contributed by atoms with van der Waals surface area (Å²) in [6, 6.07) is 10.3. The van der Waals surface area contributed by atoms with Crippen LogP contribution in [0.25, 0.3) is 0 Å². The van der Waals surface area contributed by atoms with Gasteiger partial charge in [0.15, 0.2) is 0 Å². The Balaban J connectivity index is 1.57. The van der Waals surface area contributed by atoms with Crippen molar-refractivity contribution in [3.63, 3.8) is 0 Å². The molecule has 0 spiro atoms. The second-order valence-electron chi connectivity index (χ2n) is 5.29. The summed E-state index contributed by atoms with van der Waals surface area (Å²) in [5, 5.41) is 10.6. The van der Waals surface area contributed by atoms with Gasteiger partial charge < -0.3 is 5.32 Å². The van der Waals surface area contributed by atoms with Crippen LogP contribution in [0, 0.1) is 12.8 Å². The summed E-state index contributed by atoms with van der Waals surface area (Å²) in [6.07, 6.45) is 2.38. The highest BCUT2D eigenvalue weighted by molar-refractivity contribution is 7.99. The summed E-state index contributed by atoms with van der Waals surface area (Å²) in [5.74, 6) is 1.71. The van der Waals surface area contributed by atoms with Gasteiger partial charge in [-0.05, 0) is 31.2 Å². The van der Waals surface area contributed by atoms with Crippen LogP contribution < -0.4 is 5.32 Å². The molecule has 1 unspecified atom stereocenters. The van der Waals surface area contributed by atoms with Gasteiger partial charge in [-0.3, -0.25) is 9.89 Å². The third kappa shape index (κ3) is 3.85. The van der Waals surface area contributed by atoms with Crippen LogP contribution >= 0.6 is 11.8 Å². The number of thioether (sulfide) groups is 1. The number of aromatic nitrogens is 3. The fourth-order valence-electron chi connectivity index (χ4n) is 2.30. The topological polar surface area (TPSA) is 70.7 Å². The van der Waals surface area contributed by atoms with Crippen molar-refractivity contribution >= 4 is 17.7 Å². The molecule has 5 nitrogen and oxygen atoms in total. The van der Waals surface area contributed by atoms with Crippen LogP contribution in [0.4, 0.5) is 0 Å². The van der Waals surface area contributed by atoms with Crippen molar-refractivity contribution in [1.82, 2.24) is 20.5 Å². The van der Waals surface area contributed by atoms with Gasteiger partial charge in [-0.1, -0.05) is 42.1 Å². The van der Waals surface area contributed by atoms with E-state index in [0.717, 1.165) is 5.82 Å². The minimum Gasteiger partial charge on any atom is -0.348 e. The standard InChI is InChI=1S/C15H18N4OS/c1-10-16-15(19-18-10)21-9-13(20)17-14(12-7-8-12)11-5-3-2-4-6-11/h2-6,12,14H,7-9H2,1H3,(H,17,20)(H,16,18,19). The smallest absolute Gasteiger partial charge is 0.230 e. The summed E-state index contributed by atoms with van der Waals surface area (Å²) in [5.41, 5.74) is 1.19.